The van der Waals surface area contributed by atoms with Gasteiger partial charge in [-0.1, -0.05) is 13.3 Å². The van der Waals surface area contributed by atoms with Crippen LogP contribution in [0.1, 0.15) is 51.8 Å². The minimum Gasteiger partial charge on any atom is -0.493 e. The summed E-state index contributed by atoms with van der Waals surface area (Å²) in [5.41, 5.74) is 2.23. The lowest BCUT2D eigenvalue weighted by molar-refractivity contribution is 0.303. The summed E-state index contributed by atoms with van der Waals surface area (Å²) < 4.78 is 5.84. The number of aryl methyl sites for hydroxylation is 1. The van der Waals surface area contributed by atoms with Crippen molar-refractivity contribution in [3.05, 3.63) is 23.5 Å². The van der Waals surface area contributed by atoms with E-state index in [0.29, 0.717) is 0 Å². The van der Waals surface area contributed by atoms with Crippen LogP contribution in [0.25, 0.3) is 0 Å². The first-order valence-corrected chi connectivity index (χ1v) is 6.75. The molecule has 0 unspecified atom stereocenters. The van der Waals surface area contributed by atoms with E-state index in [2.05, 4.69) is 38.0 Å². The molecule has 0 radical (unpaired) electrons. The van der Waals surface area contributed by atoms with Gasteiger partial charge in [0, 0.05) is 35.6 Å². The molecule has 1 rings (SSSR count). The molecule has 0 aromatic carbocycles. The van der Waals surface area contributed by atoms with Gasteiger partial charge in [0.15, 0.2) is 0 Å². The number of ether oxygens (including phenoxy) is 1. The molecule has 0 saturated heterocycles. The highest BCUT2D eigenvalue weighted by Crippen LogP contribution is 2.19. The molecule has 1 aromatic rings. The van der Waals surface area contributed by atoms with E-state index in [1.54, 1.807) is 0 Å². The molecular weight excluding hydrogens is 224 g/mol. The average molecular weight is 250 g/mol. The minimum absolute atomic E-state index is 0.103. The summed E-state index contributed by atoms with van der Waals surface area (Å²) in [6.07, 6.45) is 4.16. The molecule has 1 heterocycles. The second kappa shape index (κ2) is 6.74. The maximum atomic E-state index is 5.84. The SMILES string of the molecule is CCCCOc1cc(C)ncc1CNC(C)(C)C. The van der Waals surface area contributed by atoms with Crippen LogP contribution in [0.15, 0.2) is 12.3 Å². The Morgan fingerprint density at radius 2 is 2.06 bits per heavy atom. The lowest BCUT2D eigenvalue weighted by Crippen LogP contribution is -2.35. The summed E-state index contributed by atoms with van der Waals surface area (Å²) in [6.45, 7) is 12.2. The predicted octanol–water partition coefficient (Wildman–Crippen LogP) is 3.46. The van der Waals surface area contributed by atoms with E-state index < -0.39 is 0 Å². The lowest BCUT2D eigenvalue weighted by atomic mass is 10.1. The van der Waals surface area contributed by atoms with Gasteiger partial charge in [-0.2, -0.15) is 0 Å². The van der Waals surface area contributed by atoms with Crippen LogP contribution in [-0.4, -0.2) is 17.1 Å². The molecule has 0 atom stereocenters. The highest BCUT2D eigenvalue weighted by Gasteiger charge is 2.11. The van der Waals surface area contributed by atoms with Crippen molar-refractivity contribution in [1.29, 1.82) is 0 Å². The number of hydrogen-bond acceptors (Lipinski definition) is 3. The monoisotopic (exact) mass is 250 g/mol. The van der Waals surface area contributed by atoms with E-state index in [1.807, 2.05) is 19.2 Å². The zero-order chi connectivity index (χ0) is 13.6. The first kappa shape index (κ1) is 15.0. The number of nitrogens with zero attached hydrogens (tertiary/aromatic N) is 1. The normalized spacial score (nSPS) is 11.6. The van der Waals surface area contributed by atoms with Crippen LogP contribution in [0.5, 0.6) is 5.75 Å². The van der Waals surface area contributed by atoms with E-state index in [1.165, 1.54) is 0 Å². The van der Waals surface area contributed by atoms with Crippen molar-refractivity contribution in [2.45, 2.75) is 59.5 Å². The first-order chi connectivity index (χ1) is 8.42. The van der Waals surface area contributed by atoms with Gasteiger partial charge < -0.3 is 10.1 Å². The number of unbranched alkanes of at least 4 members (excludes halogenated alkanes) is 1. The van der Waals surface area contributed by atoms with Crippen LogP contribution >= 0.6 is 0 Å². The number of aromatic nitrogens is 1. The van der Waals surface area contributed by atoms with Gasteiger partial charge in [0.05, 0.1) is 6.61 Å². The zero-order valence-corrected chi connectivity index (χ0v) is 12.3. The van der Waals surface area contributed by atoms with Crippen molar-refractivity contribution >= 4 is 0 Å². The third-order valence-corrected chi connectivity index (χ3v) is 2.65. The molecule has 0 saturated carbocycles. The molecule has 0 aliphatic heterocycles. The molecule has 3 nitrogen and oxygen atoms in total. The van der Waals surface area contributed by atoms with E-state index in [4.69, 9.17) is 4.74 Å². The third-order valence-electron chi connectivity index (χ3n) is 2.65. The van der Waals surface area contributed by atoms with Crippen molar-refractivity contribution in [3.8, 4) is 5.75 Å². The van der Waals surface area contributed by atoms with Crippen LogP contribution in [0.3, 0.4) is 0 Å². The Balaban J connectivity index is 2.70. The van der Waals surface area contributed by atoms with E-state index >= 15 is 0 Å². The van der Waals surface area contributed by atoms with Crippen molar-refractivity contribution in [3.63, 3.8) is 0 Å². The highest BCUT2D eigenvalue weighted by molar-refractivity contribution is 5.32. The van der Waals surface area contributed by atoms with E-state index in [9.17, 15) is 0 Å². The number of nitrogens with one attached hydrogen (secondary N) is 1. The second-order valence-corrected chi connectivity index (χ2v) is 5.74. The fraction of sp³-hybridized carbons (Fsp3) is 0.667. The fourth-order valence-electron chi connectivity index (χ4n) is 1.52. The molecule has 0 fully saturated rings. The van der Waals surface area contributed by atoms with Crippen molar-refractivity contribution < 1.29 is 4.74 Å². The minimum atomic E-state index is 0.103. The Morgan fingerprint density at radius 3 is 2.67 bits per heavy atom. The van der Waals surface area contributed by atoms with Gasteiger partial charge in [-0.15, -0.1) is 0 Å². The first-order valence-electron chi connectivity index (χ1n) is 6.75. The summed E-state index contributed by atoms with van der Waals surface area (Å²) in [7, 11) is 0. The molecule has 102 valence electrons. The van der Waals surface area contributed by atoms with Crippen LogP contribution in [-0.2, 0) is 6.54 Å². The van der Waals surface area contributed by atoms with E-state index in [-0.39, 0.29) is 5.54 Å². The predicted molar refractivity (Wildman–Crippen MR) is 76.0 cm³/mol. The van der Waals surface area contributed by atoms with Gasteiger partial charge in [0.1, 0.15) is 5.75 Å². The molecule has 0 aliphatic carbocycles. The van der Waals surface area contributed by atoms with Crippen molar-refractivity contribution in [1.82, 2.24) is 10.3 Å². The third kappa shape index (κ3) is 5.50. The van der Waals surface area contributed by atoms with Crippen molar-refractivity contribution in [2.24, 2.45) is 0 Å². The van der Waals surface area contributed by atoms with Crippen LogP contribution < -0.4 is 10.1 Å². The molecule has 1 aromatic heterocycles. The summed E-state index contributed by atoms with van der Waals surface area (Å²) in [4.78, 5) is 4.35. The number of hydrogen-bond donors (Lipinski definition) is 1. The van der Waals surface area contributed by atoms with Gasteiger partial charge in [0.2, 0.25) is 0 Å². The maximum Gasteiger partial charge on any atom is 0.127 e. The second-order valence-electron chi connectivity index (χ2n) is 5.74. The molecule has 0 bridgehead atoms. The van der Waals surface area contributed by atoms with E-state index in [0.717, 1.165) is 43.0 Å². The number of rotatable bonds is 6. The summed E-state index contributed by atoms with van der Waals surface area (Å²) >= 11 is 0. The highest BCUT2D eigenvalue weighted by atomic mass is 16.5. The molecule has 1 N–H and O–H groups in total. The maximum absolute atomic E-state index is 5.84. The van der Waals surface area contributed by atoms with Crippen molar-refractivity contribution in [2.75, 3.05) is 6.61 Å². The van der Waals surface area contributed by atoms with Gasteiger partial charge in [-0.25, -0.2) is 0 Å². The smallest absolute Gasteiger partial charge is 0.127 e. The lowest BCUT2D eigenvalue weighted by Gasteiger charge is -2.21. The Labute approximate surface area is 111 Å². The van der Waals surface area contributed by atoms with Gasteiger partial charge in [-0.3, -0.25) is 4.98 Å². The molecule has 0 amide bonds. The molecule has 0 aliphatic rings. The van der Waals surface area contributed by atoms with Crippen LogP contribution in [0, 0.1) is 6.92 Å². The molecule has 18 heavy (non-hydrogen) atoms. The van der Waals surface area contributed by atoms with Gasteiger partial charge >= 0.3 is 0 Å². The molecule has 3 heteroatoms. The zero-order valence-electron chi connectivity index (χ0n) is 12.3. The summed E-state index contributed by atoms with van der Waals surface area (Å²) in [6, 6.07) is 2.02. The molecular formula is C15H26N2O. The number of pyridine rings is 1. The van der Waals surface area contributed by atoms with Crippen LogP contribution in [0.4, 0.5) is 0 Å². The topological polar surface area (TPSA) is 34.1 Å². The Kier molecular flexibility index (Phi) is 5.60. The fourth-order valence-corrected chi connectivity index (χ4v) is 1.52. The largest absolute Gasteiger partial charge is 0.493 e. The van der Waals surface area contributed by atoms with Gasteiger partial charge in [0.25, 0.3) is 0 Å². The summed E-state index contributed by atoms with van der Waals surface area (Å²) in [5.74, 6) is 0.965. The Bertz CT molecular complexity index is 369. The Hall–Kier alpha value is -1.09. The van der Waals surface area contributed by atoms with Crippen LogP contribution in [0.2, 0.25) is 0 Å². The Morgan fingerprint density at radius 1 is 1.33 bits per heavy atom. The quantitative estimate of drug-likeness (QED) is 0.785. The molecule has 0 spiro atoms. The average Bonchev–Trinajstić information content (AvgIpc) is 2.27. The standard InChI is InChI=1S/C15H26N2O/c1-6-7-8-18-14-9-12(2)16-10-13(14)11-17-15(3,4)5/h9-10,17H,6-8,11H2,1-5H3. The summed E-state index contributed by atoms with van der Waals surface area (Å²) in [5, 5.41) is 3.47. The van der Waals surface area contributed by atoms with Gasteiger partial charge in [-0.05, 0) is 34.1 Å².